The summed E-state index contributed by atoms with van der Waals surface area (Å²) in [5, 5.41) is 2.17. The first-order valence-electron chi connectivity index (χ1n) is 4.81. The predicted octanol–water partition coefficient (Wildman–Crippen LogP) is 0.957. The molecule has 0 atom stereocenters. The third kappa shape index (κ3) is 3.47. The molecule has 0 radical (unpaired) electrons. The van der Waals surface area contributed by atoms with Crippen LogP contribution in [-0.2, 0) is 0 Å². The molecule has 0 amide bonds. The van der Waals surface area contributed by atoms with E-state index in [-0.39, 0.29) is 0 Å². The smallest absolute Gasteiger partial charge is 0.122 e. The van der Waals surface area contributed by atoms with Gasteiger partial charge in [0.05, 0.1) is 20.2 Å². The van der Waals surface area contributed by atoms with E-state index >= 15 is 0 Å². The van der Waals surface area contributed by atoms with Crippen molar-refractivity contribution in [2.24, 2.45) is 0 Å². The van der Waals surface area contributed by atoms with Crippen LogP contribution in [0.1, 0.15) is 12.0 Å². The summed E-state index contributed by atoms with van der Waals surface area (Å²) in [7, 11) is 2.08. The summed E-state index contributed by atoms with van der Waals surface area (Å²) in [6.07, 6.45) is 1.10. The van der Waals surface area contributed by atoms with Crippen molar-refractivity contribution in [1.82, 2.24) is 0 Å². The van der Waals surface area contributed by atoms with Crippen molar-refractivity contribution in [2.45, 2.75) is 13.3 Å². The highest BCUT2D eigenvalue weighted by Gasteiger charge is 1.96. The van der Waals surface area contributed by atoms with E-state index in [9.17, 15) is 0 Å². The Labute approximate surface area is 79.9 Å². The number of rotatable bonds is 5. The minimum Gasteiger partial charge on any atom is -0.493 e. The van der Waals surface area contributed by atoms with Crippen LogP contribution < -0.4 is 10.1 Å². The Hall–Kier alpha value is -1.02. The van der Waals surface area contributed by atoms with Crippen molar-refractivity contribution in [2.75, 3.05) is 20.2 Å². The lowest BCUT2D eigenvalue weighted by Crippen LogP contribution is -2.79. The molecule has 0 bridgehead atoms. The molecule has 0 aliphatic heterocycles. The molecule has 1 aromatic rings. The van der Waals surface area contributed by atoms with Gasteiger partial charge in [0, 0.05) is 6.42 Å². The predicted molar refractivity (Wildman–Crippen MR) is 54.0 cm³/mol. The summed E-state index contributed by atoms with van der Waals surface area (Å²) in [5.74, 6) is 1.01. The number of hydrogen-bond donors (Lipinski definition) is 1. The van der Waals surface area contributed by atoms with Gasteiger partial charge in [-0.05, 0) is 18.6 Å². The molecule has 1 aromatic carbocycles. The summed E-state index contributed by atoms with van der Waals surface area (Å²) in [5.41, 5.74) is 1.21. The molecule has 0 fully saturated rings. The highest BCUT2D eigenvalue weighted by Crippen LogP contribution is 2.15. The molecule has 1 rings (SSSR count). The lowest BCUT2D eigenvalue weighted by atomic mass is 10.2. The van der Waals surface area contributed by atoms with Crippen LogP contribution in [0.3, 0.4) is 0 Å². The number of aryl methyl sites for hydroxylation is 1. The summed E-state index contributed by atoms with van der Waals surface area (Å²) < 4.78 is 5.62. The monoisotopic (exact) mass is 180 g/mol. The van der Waals surface area contributed by atoms with Gasteiger partial charge in [0.2, 0.25) is 0 Å². The molecule has 2 N–H and O–H groups in total. The molecule has 0 spiro atoms. The number of benzene rings is 1. The van der Waals surface area contributed by atoms with Crippen LogP contribution in [-0.4, -0.2) is 20.2 Å². The van der Waals surface area contributed by atoms with E-state index in [1.807, 2.05) is 18.2 Å². The minimum absolute atomic E-state index is 0.815. The van der Waals surface area contributed by atoms with Gasteiger partial charge in [0.1, 0.15) is 5.75 Å². The fourth-order valence-corrected chi connectivity index (χ4v) is 1.19. The lowest BCUT2D eigenvalue weighted by Gasteiger charge is -2.07. The maximum Gasteiger partial charge on any atom is 0.122 e. The lowest BCUT2D eigenvalue weighted by molar-refractivity contribution is -0.627. The van der Waals surface area contributed by atoms with Crippen LogP contribution in [0.15, 0.2) is 24.3 Å². The molecule has 0 aromatic heterocycles. The van der Waals surface area contributed by atoms with Gasteiger partial charge >= 0.3 is 0 Å². The number of hydrogen-bond acceptors (Lipinski definition) is 1. The van der Waals surface area contributed by atoms with Crippen molar-refractivity contribution in [3.63, 3.8) is 0 Å². The SMILES string of the molecule is C[NH2+]CCCOc1ccccc1C. The second-order valence-electron chi connectivity index (χ2n) is 3.16. The van der Waals surface area contributed by atoms with Gasteiger partial charge in [0.15, 0.2) is 0 Å². The van der Waals surface area contributed by atoms with E-state index in [2.05, 4.69) is 25.4 Å². The fourth-order valence-electron chi connectivity index (χ4n) is 1.19. The molecule has 0 unspecified atom stereocenters. The second kappa shape index (κ2) is 5.60. The molecular weight excluding hydrogens is 162 g/mol. The maximum absolute atomic E-state index is 5.62. The van der Waals surface area contributed by atoms with Gasteiger partial charge in [-0.3, -0.25) is 0 Å². The molecule has 13 heavy (non-hydrogen) atoms. The summed E-state index contributed by atoms with van der Waals surface area (Å²) in [6, 6.07) is 8.13. The molecule has 0 aliphatic rings. The van der Waals surface area contributed by atoms with Gasteiger partial charge in [0.25, 0.3) is 0 Å². The normalized spacial score (nSPS) is 10.0. The zero-order valence-corrected chi connectivity index (χ0v) is 8.42. The molecule has 2 nitrogen and oxygen atoms in total. The van der Waals surface area contributed by atoms with Crippen molar-refractivity contribution in [3.05, 3.63) is 29.8 Å². The molecule has 0 heterocycles. The van der Waals surface area contributed by atoms with Crippen LogP contribution in [0.5, 0.6) is 5.75 Å². The zero-order valence-electron chi connectivity index (χ0n) is 8.42. The Morgan fingerprint density at radius 2 is 2.08 bits per heavy atom. The van der Waals surface area contributed by atoms with Gasteiger partial charge in [-0.1, -0.05) is 18.2 Å². The van der Waals surface area contributed by atoms with Gasteiger partial charge < -0.3 is 10.1 Å². The second-order valence-corrected chi connectivity index (χ2v) is 3.16. The van der Waals surface area contributed by atoms with Crippen LogP contribution in [0.25, 0.3) is 0 Å². The Morgan fingerprint density at radius 1 is 1.31 bits per heavy atom. The first kappa shape index (κ1) is 10.1. The third-order valence-electron chi connectivity index (χ3n) is 1.99. The summed E-state index contributed by atoms with van der Waals surface area (Å²) in [4.78, 5) is 0. The van der Waals surface area contributed by atoms with Crippen LogP contribution in [0, 0.1) is 6.92 Å². The van der Waals surface area contributed by atoms with Crippen molar-refractivity contribution in [3.8, 4) is 5.75 Å². The molecule has 72 valence electrons. The summed E-state index contributed by atoms with van der Waals surface area (Å²) in [6.45, 7) is 4.02. The van der Waals surface area contributed by atoms with Gasteiger partial charge in [-0.15, -0.1) is 0 Å². The van der Waals surface area contributed by atoms with Crippen molar-refractivity contribution in [1.29, 1.82) is 0 Å². The molecule has 0 aliphatic carbocycles. The van der Waals surface area contributed by atoms with Gasteiger partial charge in [-0.2, -0.15) is 0 Å². The quantitative estimate of drug-likeness (QED) is 0.671. The largest absolute Gasteiger partial charge is 0.493 e. The Morgan fingerprint density at radius 3 is 2.77 bits per heavy atom. The van der Waals surface area contributed by atoms with E-state index in [1.165, 1.54) is 5.56 Å². The van der Waals surface area contributed by atoms with Gasteiger partial charge in [-0.25, -0.2) is 0 Å². The van der Waals surface area contributed by atoms with Crippen LogP contribution in [0.2, 0.25) is 0 Å². The van der Waals surface area contributed by atoms with Crippen LogP contribution >= 0.6 is 0 Å². The molecule has 0 saturated carbocycles. The van der Waals surface area contributed by atoms with E-state index in [0.29, 0.717) is 0 Å². The van der Waals surface area contributed by atoms with E-state index in [1.54, 1.807) is 0 Å². The fraction of sp³-hybridized carbons (Fsp3) is 0.455. The third-order valence-corrected chi connectivity index (χ3v) is 1.99. The highest BCUT2D eigenvalue weighted by molar-refractivity contribution is 5.31. The number of ether oxygens (including phenoxy) is 1. The Bertz CT molecular complexity index is 248. The molecule has 0 saturated heterocycles. The van der Waals surface area contributed by atoms with E-state index < -0.39 is 0 Å². The Kier molecular flexibility index (Phi) is 4.33. The van der Waals surface area contributed by atoms with E-state index in [4.69, 9.17) is 4.74 Å². The van der Waals surface area contributed by atoms with Crippen molar-refractivity contribution >= 4 is 0 Å². The number of nitrogens with two attached hydrogens (primary N) is 1. The molecule has 2 heteroatoms. The highest BCUT2D eigenvalue weighted by atomic mass is 16.5. The summed E-state index contributed by atoms with van der Waals surface area (Å²) >= 11 is 0. The first-order valence-corrected chi connectivity index (χ1v) is 4.81. The molecular formula is C11H18NO+. The standard InChI is InChI=1S/C11H17NO/c1-10-6-3-4-7-11(10)13-9-5-8-12-2/h3-4,6-7,12H,5,8-9H2,1-2H3/p+1. The number of quaternary nitrogens is 1. The Balaban J connectivity index is 2.32. The minimum atomic E-state index is 0.815. The number of para-hydroxylation sites is 1. The zero-order chi connectivity index (χ0) is 9.52. The van der Waals surface area contributed by atoms with E-state index in [0.717, 1.165) is 25.3 Å². The van der Waals surface area contributed by atoms with Crippen molar-refractivity contribution < 1.29 is 10.1 Å². The topological polar surface area (TPSA) is 25.8 Å². The van der Waals surface area contributed by atoms with Crippen LogP contribution in [0.4, 0.5) is 0 Å². The average Bonchev–Trinajstić information content (AvgIpc) is 2.15. The first-order chi connectivity index (χ1) is 6.34. The maximum atomic E-state index is 5.62. The average molecular weight is 180 g/mol.